The van der Waals surface area contributed by atoms with E-state index in [2.05, 4.69) is 13.5 Å². The molecule has 0 spiro atoms. The summed E-state index contributed by atoms with van der Waals surface area (Å²) in [5.41, 5.74) is 0.977. The van der Waals surface area contributed by atoms with Crippen molar-refractivity contribution in [1.29, 1.82) is 0 Å². The molecule has 0 fully saturated rings. The van der Waals surface area contributed by atoms with Crippen LogP contribution in [0.3, 0.4) is 0 Å². The van der Waals surface area contributed by atoms with Gasteiger partial charge in [0, 0.05) is 11.3 Å². The van der Waals surface area contributed by atoms with Gasteiger partial charge in [-0.2, -0.15) is 0 Å². The molecule has 0 saturated heterocycles. The summed E-state index contributed by atoms with van der Waals surface area (Å²) in [7, 11) is 0. The van der Waals surface area contributed by atoms with Crippen molar-refractivity contribution in [3.05, 3.63) is 58.7 Å². The van der Waals surface area contributed by atoms with Gasteiger partial charge in [0.15, 0.2) is 0 Å². The number of nitrogens with zero attached hydrogens (tertiary/aromatic N) is 1. The number of hydrogen-bond donors (Lipinski definition) is 0. The van der Waals surface area contributed by atoms with Gasteiger partial charge in [-0.15, -0.1) is 6.58 Å². The lowest BCUT2D eigenvalue weighted by Gasteiger charge is -2.18. The predicted octanol–water partition coefficient (Wildman–Crippen LogP) is 4.18. The maximum absolute atomic E-state index is 11.2. The third-order valence-corrected chi connectivity index (χ3v) is 3.23. The minimum atomic E-state index is -0.559. The van der Waals surface area contributed by atoms with Gasteiger partial charge >= 0.3 is 0 Å². The zero-order valence-corrected chi connectivity index (χ0v) is 10.9. The van der Waals surface area contributed by atoms with Crippen LogP contribution >= 0.6 is 0 Å². The van der Waals surface area contributed by atoms with E-state index in [0.717, 1.165) is 24.8 Å². The summed E-state index contributed by atoms with van der Waals surface area (Å²) in [4.78, 5) is 11.1. The number of benzene rings is 1. The molecular weight excluding hydrogens is 226 g/mol. The molecule has 1 aromatic carbocycles. The largest absolute Gasteiger partial charge is 0.264 e. The average molecular weight is 247 g/mol. The van der Waals surface area contributed by atoms with Crippen molar-refractivity contribution in [1.82, 2.24) is 0 Å². The van der Waals surface area contributed by atoms with Crippen LogP contribution in [-0.2, 0) is 0 Å². The molecule has 3 nitrogen and oxygen atoms in total. The Hall–Kier alpha value is -1.64. The third kappa shape index (κ3) is 3.99. The molecule has 0 aliphatic rings. The summed E-state index contributed by atoms with van der Waals surface area (Å²) in [6, 6.07) is 9.05. The van der Waals surface area contributed by atoms with E-state index in [-0.39, 0.29) is 10.8 Å². The van der Waals surface area contributed by atoms with E-state index < -0.39 is 6.04 Å². The van der Waals surface area contributed by atoms with E-state index in [1.54, 1.807) is 6.08 Å². The van der Waals surface area contributed by atoms with Gasteiger partial charge in [0.05, 0.1) is 5.92 Å². The molecule has 0 aliphatic heterocycles. The van der Waals surface area contributed by atoms with Crippen LogP contribution in [0.4, 0.5) is 0 Å². The van der Waals surface area contributed by atoms with Crippen LogP contribution in [0.25, 0.3) is 0 Å². The number of hydrogen-bond acceptors (Lipinski definition) is 2. The Morgan fingerprint density at radius 3 is 2.50 bits per heavy atom. The van der Waals surface area contributed by atoms with Crippen LogP contribution in [0.1, 0.15) is 44.1 Å². The molecule has 98 valence electrons. The molecule has 0 aromatic heterocycles. The van der Waals surface area contributed by atoms with Crippen LogP contribution in [-0.4, -0.2) is 11.0 Å². The second kappa shape index (κ2) is 7.64. The Balaban J connectivity index is 2.81. The van der Waals surface area contributed by atoms with Crippen LogP contribution in [0.15, 0.2) is 43.0 Å². The molecule has 0 heterocycles. The summed E-state index contributed by atoms with van der Waals surface area (Å²) < 4.78 is 0. The molecule has 2 unspecified atom stereocenters. The summed E-state index contributed by atoms with van der Waals surface area (Å²) >= 11 is 0. The highest BCUT2D eigenvalue weighted by atomic mass is 16.6. The molecule has 1 aromatic rings. The highest BCUT2D eigenvalue weighted by molar-refractivity contribution is 5.24. The van der Waals surface area contributed by atoms with Gasteiger partial charge < -0.3 is 0 Å². The highest BCUT2D eigenvalue weighted by Gasteiger charge is 2.29. The molecule has 0 N–H and O–H groups in total. The second-order valence-electron chi connectivity index (χ2n) is 4.52. The first-order chi connectivity index (χ1) is 8.70. The first-order valence-electron chi connectivity index (χ1n) is 6.51. The van der Waals surface area contributed by atoms with Crippen molar-refractivity contribution >= 4 is 0 Å². The molecular formula is C15H21NO2. The second-order valence-corrected chi connectivity index (χ2v) is 4.52. The van der Waals surface area contributed by atoms with Crippen molar-refractivity contribution < 1.29 is 4.92 Å². The summed E-state index contributed by atoms with van der Waals surface area (Å²) in [6.07, 6.45) is 5.35. The van der Waals surface area contributed by atoms with Gasteiger partial charge in [-0.05, 0) is 12.0 Å². The first kappa shape index (κ1) is 14.4. The van der Waals surface area contributed by atoms with E-state index in [9.17, 15) is 10.1 Å². The minimum Gasteiger partial charge on any atom is -0.264 e. The molecule has 3 heteroatoms. The Morgan fingerprint density at radius 2 is 2.00 bits per heavy atom. The topological polar surface area (TPSA) is 43.1 Å². The lowest BCUT2D eigenvalue weighted by atomic mass is 9.89. The van der Waals surface area contributed by atoms with E-state index in [0.29, 0.717) is 6.42 Å². The third-order valence-electron chi connectivity index (χ3n) is 3.23. The maximum atomic E-state index is 11.2. The lowest BCUT2D eigenvalue weighted by molar-refractivity contribution is -0.525. The number of unbranched alkanes of at least 4 members (excludes halogenated alkanes) is 2. The zero-order valence-electron chi connectivity index (χ0n) is 10.9. The van der Waals surface area contributed by atoms with Gasteiger partial charge in [-0.25, -0.2) is 0 Å². The monoisotopic (exact) mass is 247 g/mol. The smallest absolute Gasteiger partial charge is 0.223 e. The molecule has 18 heavy (non-hydrogen) atoms. The van der Waals surface area contributed by atoms with Crippen molar-refractivity contribution in [3.63, 3.8) is 0 Å². The lowest BCUT2D eigenvalue weighted by Crippen LogP contribution is -2.26. The summed E-state index contributed by atoms with van der Waals surface area (Å²) in [6.45, 7) is 5.87. The molecule has 0 amide bonds. The zero-order chi connectivity index (χ0) is 13.4. The van der Waals surface area contributed by atoms with Gasteiger partial charge in [-0.1, -0.05) is 56.2 Å². The SMILES string of the molecule is C=CC(c1ccccc1)C(CCCCC)[N+](=O)[O-]. The van der Waals surface area contributed by atoms with Crippen LogP contribution in [0, 0.1) is 10.1 Å². The summed E-state index contributed by atoms with van der Waals surface area (Å²) in [5.74, 6) is -0.196. The van der Waals surface area contributed by atoms with E-state index in [1.807, 2.05) is 30.3 Å². The molecule has 0 bridgehead atoms. The number of nitro groups is 1. The van der Waals surface area contributed by atoms with Gasteiger partial charge in [0.1, 0.15) is 0 Å². The standard InChI is InChI=1S/C15H21NO2/c1-3-5-7-12-15(16(17)18)14(4-2)13-10-8-6-9-11-13/h4,6,8-11,14-15H,2-3,5,7,12H2,1H3. The van der Waals surface area contributed by atoms with Gasteiger partial charge in [0.2, 0.25) is 6.04 Å². The Bertz CT molecular complexity index is 375. The van der Waals surface area contributed by atoms with Crippen LogP contribution < -0.4 is 0 Å². The van der Waals surface area contributed by atoms with Crippen molar-refractivity contribution in [2.45, 2.75) is 44.6 Å². The normalized spacial score (nSPS) is 13.8. The Morgan fingerprint density at radius 1 is 1.33 bits per heavy atom. The first-order valence-corrected chi connectivity index (χ1v) is 6.51. The van der Waals surface area contributed by atoms with Crippen molar-refractivity contribution in [2.75, 3.05) is 0 Å². The van der Waals surface area contributed by atoms with Gasteiger partial charge in [-0.3, -0.25) is 10.1 Å². The van der Waals surface area contributed by atoms with Crippen LogP contribution in [0.2, 0.25) is 0 Å². The fourth-order valence-electron chi connectivity index (χ4n) is 2.21. The molecule has 0 aliphatic carbocycles. The van der Waals surface area contributed by atoms with Crippen LogP contribution in [0.5, 0.6) is 0 Å². The average Bonchev–Trinajstić information content (AvgIpc) is 2.39. The molecule has 1 rings (SSSR count). The van der Waals surface area contributed by atoms with E-state index in [1.165, 1.54) is 0 Å². The van der Waals surface area contributed by atoms with Gasteiger partial charge in [0.25, 0.3) is 0 Å². The van der Waals surface area contributed by atoms with Crippen molar-refractivity contribution in [2.24, 2.45) is 0 Å². The minimum absolute atomic E-state index is 0.158. The quantitative estimate of drug-likeness (QED) is 0.299. The summed E-state index contributed by atoms with van der Waals surface area (Å²) in [5, 5.41) is 11.2. The molecule has 2 atom stereocenters. The van der Waals surface area contributed by atoms with E-state index in [4.69, 9.17) is 0 Å². The molecule has 0 radical (unpaired) electrons. The Labute approximate surface area is 109 Å². The Kier molecular flexibility index (Phi) is 6.12. The predicted molar refractivity (Wildman–Crippen MR) is 74.3 cm³/mol. The fraction of sp³-hybridized carbons (Fsp3) is 0.467. The highest BCUT2D eigenvalue weighted by Crippen LogP contribution is 2.26. The fourth-order valence-corrected chi connectivity index (χ4v) is 2.21. The van der Waals surface area contributed by atoms with Crippen molar-refractivity contribution in [3.8, 4) is 0 Å². The van der Waals surface area contributed by atoms with E-state index >= 15 is 0 Å². The maximum Gasteiger partial charge on any atom is 0.223 e. The molecule has 0 saturated carbocycles. The number of rotatable bonds is 8.